The SMILES string of the molecule is CN(C)C(=O)c1ccnc2c3c(ccc12)-c1ccccc1S(=O)(=O)N3.CNC(=O)c1ccnc2c(NS(=O)(=O)c3ccccc3)cccc12.NC(=O)c1ccnc2c(NS(=O)(=O)c3ccccc3)cccc12.O=C(OC1CCNC1)c1ccc2c(c1)-c1cc(Cl)c3cccnc3c1NS2(=O)=O.O=C(OC1CCNCC1)c1ccc2c(c1)-c1cc(Cl)c3cccnc3c1NS2(=O)=O. The molecule has 20 rings (SSSR count). The van der Waals surface area contributed by atoms with Gasteiger partial charge in [-0.3, -0.25) is 62.9 Å². The second-order valence-corrected chi connectivity index (χ2v) is 39.4. The number of aromatic nitrogens is 5. The second kappa shape index (κ2) is 37.1. The van der Waals surface area contributed by atoms with E-state index in [1.165, 1.54) is 85.1 Å². The number of nitrogens with two attached hydrogens (primary N) is 1. The van der Waals surface area contributed by atoms with E-state index in [4.69, 9.17) is 38.4 Å². The third-order valence-electron chi connectivity index (χ3n) is 21.7. The highest BCUT2D eigenvalue weighted by atomic mass is 35.5. The largest absolute Gasteiger partial charge is 0.459 e. The fourth-order valence-electron chi connectivity index (χ4n) is 15.5. The number of fused-ring (bicyclic) bond motifs is 17. The van der Waals surface area contributed by atoms with E-state index in [-0.39, 0.29) is 65.3 Å². The third kappa shape index (κ3) is 18.6. The number of carbonyl (C=O) groups excluding carboxylic acids is 5. The Morgan fingerprint density at radius 2 is 0.824 bits per heavy atom. The number of para-hydroxylation sites is 2. The zero-order chi connectivity index (χ0) is 92.4. The molecule has 131 heavy (non-hydrogen) atoms. The summed E-state index contributed by atoms with van der Waals surface area (Å²) >= 11 is 12.9. The van der Waals surface area contributed by atoms with Gasteiger partial charge in [0.05, 0.1) is 118 Å². The van der Waals surface area contributed by atoms with Crippen LogP contribution in [0.5, 0.6) is 0 Å². The molecule has 5 aliphatic heterocycles. The van der Waals surface area contributed by atoms with Crippen LogP contribution in [0.1, 0.15) is 71.1 Å². The summed E-state index contributed by atoms with van der Waals surface area (Å²) in [6.45, 7) is 3.03. The number of hydrogen-bond donors (Lipinski definition) is 9. The first-order chi connectivity index (χ1) is 62.8. The third-order valence-corrected chi connectivity index (χ3v) is 29.3. The molecule has 1 unspecified atom stereocenters. The van der Waals surface area contributed by atoms with E-state index in [2.05, 4.69) is 64.5 Å². The summed E-state index contributed by atoms with van der Waals surface area (Å²) in [7, 11) is -13.9. The molecule has 39 heteroatoms. The van der Waals surface area contributed by atoms with E-state index >= 15 is 0 Å². The number of ether oxygens (including phenoxy) is 2. The molecule has 2 fully saturated rings. The van der Waals surface area contributed by atoms with Crippen molar-refractivity contribution in [3.05, 3.63) is 293 Å². The van der Waals surface area contributed by atoms with E-state index < -0.39 is 68.0 Å². The number of rotatable bonds is 13. The molecule has 1 atom stereocenters. The van der Waals surface area contributed by atoms with Gasteiger partial charge < -0.3 is 36.1 Å². The predicted octanol–water partition coefficient (Wildman–Crippen LogP) is 14.0. The molecule has 10 heterocycles. The first-order valence-corrected chi connectivity index (χ1v) is 48.5. The Hall–Kier alpha value is -14.2. The summed E-state index contributed by atoms with van der Waals surface area (Å²) < 4.78 is 150. The van der Waals surface area contributed by atoms with Crippen molar-refractivity contribution in [2.45, 2.75) is 55.9 Å². The van der Waals surface area contributed by atoms with Crippen molar-refractivity contribution in [1.82, 2.24) is 45.8 Å². The molecule has 0 spiro atoms. The number of anilines is 5. The molecule has 10 aromatic carbocycles. The van der Waals surface area contributed by atoms with Gasteiger partial charge in [-0.05, 0) is 172 Å². The zero-order valence-electron chi connectivity index (χ0n) is 69.4. The molecule has 0 bridgehead atoms. The van der Waals surface area contributed by atoms with E-state index in [0.29, 0.717) is 138 Å². The van der Waals surface area contributed by atoms with E-state index in [9.17, 15) is 66.1 Å². The van der Waals surface area contributed by atoms with Gasteiger partial charge in [-0.2, -0.15) is 0 Å². The van der Waals surface area contributed by atoms with Crippen LogP contribution in [0.25, 0.3) is 87.9 Å². The number of esters is 2. The highest BCUT2D eigenvalue weighted by Crippen LogP contribution is 2.49. The molecular formula is C92H77Cl2N15O17S5. The fourth-order valence-corrected chi connectivity index (χ4v) is 22.0. The van der Waals surface area contributed by atoms with E-state index in [0.717, 1.165) is 44.5 Å². The Kier molecular flexibility index (Phi) is 25.6. The number of halogens is 2. The highest BCUT2D eigenvalue weighted by molar-refractivity contribution is 7.94. The van der Waals surface area contributed by atoms with Crippen LogP contribution in [0.4, 0.5) is 28.4 Å². The minimum Gasteiger partial charge on any atom is -0.459 e. The lowest BCUT2D eigenvalue weighted by atomic mass is 9.98. The first kappa shape index (κ1) is 90.2. The van der Waals surface area contributed by atoms with Crippen LogP contribution in [-0.4, -0.2) is 161 Å². The number of piperidine rings is 1. The molecule has 10 N–H and O–H groups in total. The van der Waals surface area contributed by atoms with Gasteiger partial charge in [-0.15, -0.1) is 0 Å². The molecule has 0 saturated carbocycles. The topological polar surface area (TPSA) is 464 Å². The van der Waals surface area contributed by atoms with Crippen molar-refractivity contribution in [2.75, 3.05) is 70.9 Å². The standard InChI is InChI=1S/C21H18ClN3O4S.C20H16ClN3O4S.C18H15N3O3S.C17H15N3O3S.C16H13N3O3S/c22-17-11-16-15-10-12(21(26)29-13-5-8-23-9-6-13)3-4-18(15)30(27,28)25-20(16)19-14(17)2-1-7-24-19;21-16-9-15-14-8-11(20(25)28-12-5-7-22-10-12)3-4-17(14)29(26,27)24-19(15)18-13(16)2-1-6-23-18;1-21(2)18(22)14-9-10-19-16-13(14)8-7-12-11-5-3-4-6-15(11)25(23,24)20-17(12)16;1-18-17(21)14-10-11-19-16-13(14)8-5-9-15(16)20-24(22,23)12-6-3-2-4-7-12;17-16(20)13-9-10-18-15-12(13)7-4-8-14(15)19-23(21,22)11-5-2-1-3-6-11/h1-4,7,10-11,13,23,25H,5-6,8-9H2;1-4,6,8-9,12,22,24H,5,7,10H2;3-10,20H,1-2H3;2-11,20H,1H3,(H,18,21);1-10,19H,(H2,17,20). The minimum atomic E-state index is -3.82. The normalized spacial score (nSPS) is 15.1. The van der Waals surface area contributed by atoms with Crippen LogP contribution >= 0.6 is 23.2 Å². The second-order valence-electron chi connectivity index (χ2n) is 30.3. The van der Waals surface area contributed by atoms with Crippen molar-refractivity contribution < 1.29 is 75.5 Å². The van der Waals surface area contributed by atoms with Crippen LogP contribution in [0.15, 0.2) is 280 Å². The van der Waals surface area contributed by atoms with Crippen LogP contribution in [0.2, 0.25) is 10.0 Å². The van der Waals surface area contributed by atoms with Crippen molar-refractivity contribution >= 4 is 186 Å². The van der Waals surface area contributed by atoms with Gasteiger partial charge in [-0.25, -0.2) is 51.7 Å². The maximum absolute atomic E-state index is 12.9. The number of carbonyl (C=O) groups is 5. The van der Waals surface area contributed by atoms with Crippen molar-refractivity contribution in [3.63, 3.8) is 0 Å². The predicted molar refractivity (Wildman–Crippen MR) is 500 cm³/mol. The van der Waals surface area contributed by atoms with E-state index in [1.807, 2.05) is 12.1 Å². The number of primary amides is 1. The van der Waals surface area contributed by atoms with Gasteiger partial charge in [0.2, 0.25) is 5.91 Å². The Bertz CT molecular complexity index is 7800. The van der Waals surface area contributed by atoms with Gasteiger partial charge in [0, 0.05) is 119 Å². The van der Waals surface area contributed by atoms with Crippen LogP contribution in [0, 0.1) is 0 Å². The quantitative estimate of drug-likeness (QED) is 0.0484. The molecular weight excluding hydrogens is 1820 g/mol. The lowest BCUT2D eigenvalue weighted by Crippen LogP contribution is -2.33. The molecule has 0 radical (unpaired) electrons. The van der Waals surface area contributed by atoms with Crippen molar-refractivity contribution in [1.29, 1.82) is 0 Å². The van der Waals surface area contributed by atoms with Gasteiger partial charge >= 0.3 is 11.9 Å². The van der Waals surface area contributed by atoms with Crippen molar-refractivity contribution in [2.24, 2.45) is 5.73 Å². The number of pyridine rings is 5. The Labute approximate surface area is 761 Å². The molecule has 2 saturated heterocycles. The summed E-state index contributed by atoms with van der Waals surface area (Å²) in [5, 5.41) is 12.8. The summed E-state index contributed by atoms with van der Waals surface area (Å²) in [6, 6.07) is 60.5. The highest BCUT2D eigenvalue weighted by Gasteiger charge is 2.36. The average Bonchev–Trinajstić information content (AvgIpc) is 0.747. The van der Waals surface area contributed by atoms with Crippen LogP contribution in [-0.2, 0) is 59.6 Å². The maximum atomic E-state index is 12.9. The first-order valence-electron chi connectivity index (χ1n) is 40.3. The molecule has 32 nitrogen and oxygen atoms in total. The summed E-state index contributed by atoms with van der Waals surface area (Å²) in [4.78, 5) is 84.7. The monoisotopic (exact) mass is 1890 g/mol. The Balaban J connectivity index is 0.000000120. The summed E-state index contributed by atoms with van der Waals surface area (Å²) in [5.74, 6) is -1.96. The Morgan fingerprint density at radius 1 is 0.412 bits per heavy atom. The summed E-state index contributed by atoms with van der Waals surface area (Å²) in [5.41, 5.74) is 14.3. The number of nitrogens with zero attached hydrogens (tertiary/aromatic N) is 6. The maximum Gasteiger partial charge on any atom is 0.338 e. The molecule has 5 aliphatic rings. The number of amides is 3. The van der Waals surface area contributed by atoms with Crippen LogP contribution < -0.4 is 45.3 Å². The average molecular weight is 1900 g/mol. The lowest BCUT2D eigenvalue weighted by molar-refractivity contribution is 0.0228. The Morgan fingerprint density at radius 3 is 1.31 bits per heavy atom. The van der Waals surface area contributed by atoms with Crippen LogP contribution in [0.3, 0.4) is 0 Å². The van der Waals surface area contributed by atoms with Gasteiger partial charge in [-0.1, -0.05) is 114 Å². The number of benzene rings is 10. The zero-order valence-corrected chi connectivity index (χ0v) is 74.9. The number of nitrogens with one attached hydrogen (secondary N) is 8. The summed E-state index contributed by atoms with van der Waals surface area (Å²) in [6.07, 6.45) is 9.52. The van der Waals surface area contributed by atoms with Gasteiger partial charge in [0.25, 0.3) is 61.9 Å². The molecule has 3 amide bonds. The smallest absolute Gasteiger partial charge is 0.338 e. The number of sulfonamides is 5. The van der Waals surface area contributed by atoms with Gasteiger partial charge in [0.15, 0.2) is 0 Å². The van der Waals surface area contributed by atoms with E-state index in [1.54, 1.807) is 184 Å². The molecule has 15 aromatic rings. The minimum absolute atomic E-state index is 0.0791. The lowest BCUT2D eigenvalue weighted by Gasteiger charge is -2.25. The molecule has 0 aliphatic carbocycles. The number of hydrogen-bond acceptors (Lipinski definition) is 24. The van der Waals surface area contributed by atoms with Crippen molar-refractivity contribution in [3.8, 4) is 33.4 Å². The molecule has 666 valence electrons. The fraction of sp³-hybridized carbons (Fsp3) is 0.130. The van der Waals surface area contributed by atoms with Gasteiger partial charge in [0.1, 0.15) is 12.2 Å². The molecule has 5 aromatic heterocycles.